The molecule has 15 heavy (non-hydrogen) atoms. The maximum Gasteiger partial charge on any atom is 0.239 e. The third-order valence-corrected chi connectivity index (χ3v) is 1.99. The second-order valence-corrected chi connectivity index (χ2v) is 3.37. The van der Waals surface area contributed by atoms with Gasteiger partial charge in [0.05, 0.1) is 11.8 Å². The van der Waals surface area contributed by atoms with Crippen LogP contribution < -0.4 is 16.8 Å². The SMILES string of the molecule is CC(Nc1nnccc1C(N)=S)C(N)=O. The van der Waals surface area contributed by atoms with Crippen LogP contribution in [-0.4, -0.2) is 27.1 Å². The fourth-order valence-electron chi connectivity index (χ4n) is 0.913. The summed E-state index contributed by atoms with van der Waals surface area (Å²) in [5, 5.41) is 10.2. The lowest BCUT2D eigenvalue weighted by molar-refractivity contribution is -0.118. The monoisotopic (exact) mass is 225 g/mol. The lowest BCUT2D eigenvalue weighted by atomic mass is 10.2. The first kappa shape index (κ1) is 11.3. The van der Waals surface area contributed by atoms with Gasteiger partial charge in [-0.15, -0.1) is 5.10 Å². The summed E-state index contributed by atoms with van der Waals surface area (Å²) in [6.07, 6.45) is 1.47. The molecule has 0 aliphatic carbocycles. The molecule has 0 aliphatic heterocycles. The average molecular weight is 225 g/mol. The smallest absolute Gasteiger partial charge is 0.239 e. The number of amides is 1. The molecule has 0 aliphatic rings. The number of hydrogen-bond acceptors (Lipinski definition) is 5. The number of carbonyl (C=O) groups is 1. The van der Waals surface area contributed by atoms with Gasteiger partial charge in [0.1, 0.15) is 11.0 Å². The number of nitrogens with one attached hydrogen (secondary N) is 1. The lowest BCUT2D eigenvalue weighted by Crippen LogP contribution is -2.33. The van der Waals surface area contributed by atoms with Gasteiger partial charge in [-0.1, -0.05) is 12.2 Å². The summed E-state index contributed by atoms with van der Waals surface area (Å²) in [5.41, 5.74) is 11.1. The van der Waals surface area contributed by atoms with Crippen molar-refractivity contribution >= 4 is 28.9 Å². The molecule has 7 heteroatoms. The van der Waals surface area contributed by atoms with Gasteiger partial charge in [0.15, 0.2) is 5.82 Å². The van der Waals surface area contributed by atoms with Gasteiger partial charge in [-0.05, 0) is 13.0 Å². The number of aromatic nitrogens is 2. The Kier molecular flexibility index (Phi) is 3.51. The standard InChI is InChI=1S/C8H11N5OS/c1-4(6(9)14)12-8-5(7(10)15)2-3-11-13-8/h2-4H,1H3,(H2,9,14)(H2,10,15)(H,12,13). The minimum atomic E-state index is -0.560. The number of rotatable bonds is 4. The van der Waals surface area contributed by atoms with Crippen LogP contribution in [0.4, 0.5) is 5.82 Å². The third kappa shape index (κ3) is 2.84. The molecular formula is C8H11N5OS. The van der Waals surface area contributed by atoms with Crippen LogP contribution in [0.3, 0.4) is 0 Å². The Morgan fingerprint density at radius 1 is 1.60 bits per heavy atom. The zero-order valence-electron chi connectivity index (χ0n) is 8.10. The summed E-state index contributed by atoms with van der Waals surface area (Å²) in [7, 11) is 0. The van der Waals surface area contributed by atoms with Gasteiger partial charge in [0.25, 0.3) is 0 Å². The number of primary amides is 1. The number of nitrogens with zero attached hydrogens (tertiary/aromatic N) is 2. The Morgan fingerprint density at radius 2 is 2.27 bits per heavy atom. The first-order chi connectivity index (χ1) is 7.02. The lowest BCUT2D eigenvalue weighted by Gasteiger charge is -2.12. The van der Waals surface area contributed by atoms with Crippen LogP contribution in [0.15, 0.2) is 12.3 Å². The molecule has 1 heterocycles. The molecule has 0 radical (unpaired) electrons. The van der Waals surface area contributed by atoms with Crippen molar-refractivity contribution in [3.05, 3.63) is 17.8 Å². The molecule has 6 nitrogen and oxygen atoms in total. The highest BCUT2D eigenvalue weighted by Gasteiger charge is 2.13. The first-order valence-electron chi connectivity index (χ1n) is 4.19. The molecule has 1 aromatic heterocycles. The summed E-state index contributed by atoms with van der Waals surface area (Å²) in [6, 6.07) is 1.06. The van der Waals surface area contributed by atoms with E-state index in [2.05, 4.69) is 15.5 Å². The van der Waals surface area contributed by atoms with Crippen LogP contribution in [0.1, 0.15) is 12.5 Å². The molecule has 5 N–H and O–H groups in total. The minimum Gasteiger partial charge on any atom is -0.389 e. The van der Waals surface area contributed by atoms with Crippen molar-refractivity contribution in [1.29, 1.82) is 0 Å². The Balaban J connectivity index is 2.94. The van der Waals surface area contributed by atoms with Gasteiger partial charge < -0.3 is 16.8 Å². The Bertz CT molecular complexity index is 394. The van der Waals surface area contributed by atoms with Crippen LogP contribution in [0.2, 0.25) is 0 Å². The van der Waals surface area contributed by atoms with Crippen LogP contribution in [0.25, 0.3) is 0 Å². The minimum absolute atomic E-state index is 0.184. The van der Waals surface area contributed by atoms with Crippen molar-refractivity contribution in [2.75, 3.05) is 5.32 Å². The van der Waals surface area contributed by atoms with Crippen molar-refractivity contribution in [3.8, 4) is 0 Å². The maximum absolute atomic E-state index is 10.8. The van der Waals surface area contributed by atoms with E-state index in [0.717, 1.165) is 0 Å². The molecule has 1 unspecified atom stereocenters. The predicted molar refractivity (Wildman–Crippen MR) is 60.2 cm³/mol. The Labute approximate surface area is 92.0 Å². The fraction of sp³-hybridized carbons (Fsp3) is 0.250. The Morgan fingerprint density at radius 3 is 2.80 bits per heavy atom. The van der Waals surface area contributed by atoms with Crippen molar-refractivity contribution in [1.82, 2.24) is 10.2 Å². The number of thiocarbonyl (C=S) groups is 1. The highest BCUT2D eigenvalue weighted by atomic mass is 32.1. The second kappa shape index (κ2) is 4.65. The number of hydrogen-bond donors (Lipinski definition) is 3. The summed E-state index contributed by atoms with van der Waals surface area (Å²) in [5.74, 6) is -0.133. The average Bonchev–Trinajstić information content (AvgIpc) is 2.18. The molecule has 0 saturated carbocycles. The fourth-order valence-corrected chi connectivity index (χ4v) is 1.08. The summed E-state index contributed by atoms with van der Waals surface area (Å²) < 4.78 is 0. The molecule has 0 saturated heterocycles. The van der Waals surface area contributed by atoms with Gasteiger partial charge >= 0.3 is 0 Å². The van der Waals surface area contributed by atoms with Crippen LogP contribution in [0, 0.1) is 0 Å². The summed E-state index contributed by atoms with van der Waals surface area (Å²) in [6.45, 7) is 1.61. The van der Waals surface area contributed by atoms with E-state index < -0.39 is 11.9 Å². The van der Waals surface area contributed by atoms with Gasteiger partial charge in [-0.2, -0.15) is 5.10 Å². The zero-order valence-corrected chi connectivity index (χ0v) is 8.91. The van der Waals surface area contributed by atoms with Crippen LogP contribution >= 0.6 is 12.2 Å². The molecular weight excluding hydrogens is 214 g/mol. The van der Waals surface area contributed by atoms with Gasteiger partial charge in [-0.25, -0.2) is 0 Å². The first-order valence-corrected chi connectivity index (χ1v) is 4.60. The quantitative estimate of drug-likeness (QED) is 0.590. The third-order valence-electron chi connectivity index (χ3n) is 1.77. The van der Waals surface area contributed by atoms with Gasteiger partial charge in [0.2, 0.25) is 5.91 Å². The van der Waals surface area contributed by atoms with Crippen molar-refractivity contribution in [2.45, 2.75) is 13.0 Å². The van der Waals surface area contributed by atoms with Crippen LogP contribution in [0.5, 0.6) is 0 Å². The second-order valence-electron chi connectivity index (χ2n) is 2.93. The topological polar surface area (TPSA) is 107 Å². The largest absolute Gasteiger partial charge is 0.389 e. The molecule has 0 fully saturated rings. The molecule has 1 aromatic rings. The number of anilines is 1. The van der Waals surface area contributed by atoms with E-state index in [1.165, 1.54) is 6.20 Å². The normalized spacial score (nSPS) is 11.8. The van der Waals surface area contributed by atoms with Gasteiger partial charge in [0, 0.05) is 0 Å². The molecule has 1 rings (SSSR count). The van der Waals surface area contributed by atoms with E-state index in [9.17, 15) is 4.79 Å². The molecule has 80 valence electrons. The van der Waals surface area contributed by atoms with Crippen molar-refractivity contribution in [2.24, 2.45) is 11.5 Å². The summed E-state index contributed by atoms with van der Waals surface area (Å²) >= 11 is 4.82. The van der Waals surface area contributed by atoms with Crippen molar-refractivity contribution < 1.29 is 4.79 Å². The van der Waals surface area contributed by atoms with E-state index in [-0.39, 0.29) is 4.99 Å². The zero-order chi connectivity index (χ0) is 11.4. The molecule has 0 bridgehead atoms. The highest BCUT2D eigenvalue weighted by molar-refractivity contribution is 7.80. The highest BCUT2D eigenvalue weighted by Crippen LogP contribution is 2.10. The predicted octanol–water partition coefficient (Wildman–Crippen LogP) is -0.604. The van der Waals surface area contributed by atoms with E-state index in [0.29, 0.717) is 11.4 Å². The van der Waals surface area contributed by atoms with Gasteiger partial charge in [-0.3, -0.25) is 4.79 Å². The molecule has 0 spiro atoms. The van der Waals surface area contributed by atoms with E-state index in [4.69, 9.17) is 23.7 Å². The molecule has 1 atom stereocenters. The van der Waals surface area contributed by atoms with E-state index >= 15 is 0 Å². The Hall–Kier alpha value is -1.76. The number of carbonyl (C=O) groups excluding carboxylic acids is 1. The maximum atomic E-state index is 10.8. The summed E-state index contributed by atoms with van der Waals surface area (Å²) in [4.78, 5) is 11.0. The van der Waals surface area contributed by atoms with Crippen molar-refractivity contribution in [3.63, 3.8) is 0 Å². The van der Waals surface area contributed by atoms with E-state index in [1.54, 1.807) is 13.0 Å². The molecule has 0 aromatic carbocycles. The number of nitrogens with two attached hydrogens (primary N) is 2. The van der Waals surface area contributed by atoms with E-state index in [1.807, 2.05) is 0 Å². The molecule has 1 amide bonds. The van der Waals surface area contributed by atoms with Crippen LogP contribution in [-0.2, 0) is 4.79 Å².